The molecular weight excluding hydrogens is 162 g/mol. The molecule has 0 saturated heterocycles. The Hall–Kier alpha value is -1.62. The Balaban J connectivity index is 3.00. The lowest BCUT2D eigenvalue weighted by molar-refractivity contribution is 0.369. The molecular formula is C11H13NO. The molecule has 0 saturated carbocycles. The molecule has 0 aliphatic heterocycles. The summed E-state index contributed by atoms with van der Waals surface area (Å²) < 4.78 is 5.31. The molecule has 0 spiro atoms. The summed E-state index contributed by atoms with van der Waals surface area (Å²) >= 11 is 0. The number of benzene rings is 1. The first kappa shape index (κ1) is 9.47. The molecule has 0 radical (unpaired) electrons. The van der Waals surface area contributed by atoms with E-state index in [9.17, 15) is 0 Å². The van der Waals surface area contributed by atoms with Crippen molar-refractivity contribution in [2.24, 2.45) is 0 Å². The average molecular weight is 175 g/mol. The number of aryl methyl sites for hydroxylation is 2. The highest BCUT2D eigenvalue weighted by Crippen LogP contribution is 2.27. The van der Waals surface area contributed by atoms with E-state index in [1.54, 1.807) is 0 Å². The van der Waals surface area contributed by atoms with Crippen LogP contribution < -0.4 is 10.5 Å². The second kappa shape index (κ2) is 3.86. The summed E-state index contributed by atoms with van der Waals surface area (Å²) in [6.07, 6.45) is 5.09. The van der Waals surface area contributed by atoms with Crippen LogP contribution in [-0.4, -0.2) is 6.61 Å². The van der Waals surface area contributed by atoms with Crippen molar-refractivity contribution in [3.63, 3.8) is 0 Å². The van der Waals surface area contributed by atoms with Crippen LogP contribution in [0.15, 0.2) is 12.1 Å². The lowest BCUT2D eigenvalue weighted by Crippen LogP contribution is -2.00. The van der Waals surface area contributed by atoms with Crippen molar-refractivity contribution in [2.45, 2.75) is 13.8 Å². The van der Waals surface area contributed by atoms with E-state index in [0.717, 1.165) is 11.1 Å². The molecule has 68 valence electrons. The second-order valence-corrected chi connectivity index (χ2v) is 2.99. The van der Waals surface area contributed by atoms with Gasteiger partial charge in [0, 0.05) is 0 Å². The molecule has 0 aromatic heterocycles. The zero-order valence-electron chi connectivity index (χ0n) is 7.92. The quantitative estimate of drug-likeness (QED) is 0.550. The normalized spacial score (nSPS) is 9.31. The molecule has 2 N–H and O–H groups in total. The summed E-state index contributed by atoms with van der Waals surface area (Å²) in [7, 11) is 0. The van der Waals surface area contributed by atoms with Crippen LogP contribution in [0.2, 0.25) is 0 Å². The highest BCUT2D eigenvalue weighted by molar-refractivity contribution is 5.58. The Kier molecular flexibility index (Phi) is 2.81. The molecule has 0 aliphatic rings. The molecule has 2 nitrogen and oxygen atoms in total. The maximum Gasteiger partial charge on any atom is 0.148 e. The van der Waals surface area contributed by atoms with Crippen LogP contribution in [0.4, 0.5) is 5.69 Å². The molecule has 0 bridgehead atoms. The molecule has 1 aromatic carbocycles. The van der Waals surface area contributed by atoms with Crippen LogP contribution in [0.3, 0.4) is 0 Å². The van der Waals surface area contributed by atoms with Gasteiger partial charge >= 0.3 is 0 Å². The SMILES string of the molecule is C#CCOc1c(C)cc(C)cc1N. The third-order valence-corrected chi connectivity index (χ3v) is 1.75. The number of nitrogen functional groups attached to an aromatic ring is 1. The topological polar surface area (TPSA) is 35.2 Å². The zero-order chi connectivity index (χ0) is 9.84. The van der Waals surface area contributed by atoms with Gasteiger partial charge in [0.05, 0.1) is 5.69 Å². The molecule has 1 rings (SSSR count). The fourth-order valence-electron chi connectivity index (χ4n) is 1.30. The van der Waals surface area contributed by atoms with Crippen molar-refractivity contribution in [1.29, 1.82) is 0 Å². The van der Waals surface area contributed by atoms with Crippen LogP contribution in [0, 0.1) is 26.2 Å². The highest BCUT2D eigenvalue weighted by atomic mass is 16.5. The minimum atomic E-state index is 0.258. The fourth-order valence-corrected chi connectivity index (χ4v) is 1.30. The van der Waals surface area contributed by atoms with E-state index < -0.39 is 0 Å². The van der Waals surface area contributed by atoms with Gasteiger partial charge in [-0.2, -0.15) is 0 Å². The zero-order valence-corrected chi connectivity index (χ0v) is 7.92. The predicted octanol–water partition coefficient (Wildman–Crippen LogP) is 1.90. The first-order valence-corrected chi connectivity index (χ1v) is 4.08. The molecule has 0 atom stereocenters. The van der Waals surface area contributed by atoms with Crippen molar-refractivity contribution in [3.05, 3.63) is 23.3 Å². The smallest absolute Gasteiger partial charge is 0.148 e. The third-order valence-electron chi connectivity index (χ3n) is 1.75. The number of nitrogens with two attached hydrogens (primary N) is 1. The Morgan fingerprint density at radius 3 is 2.69 bits per heavy atom. The number of terminal acetylenes is 1. The summed E-state index contributed by atoms with van der Waals surface area (Å²) in [6, 6.07) is 3.89. The molecule has 0 aliphatic carbocycles. The first-order valence-electron chi connectivity index (χ1n) is 4.08. The number of anilines is 1. The number of rotatable bonds is 2. The average Bonchev–Trinajstić information content (AvgIpc) is 2.02. The van der Waals surface area contributed by atoms with Gasteiger partial charge in [0.25, 0.3) is 0 Å². The van der Waals surface area contributed by atoms with Gasteiger partial charge in [-0.1, -0.05) is 12.0 Å². The Morgan fingerprint density at radius 1 is 1.46 bits per heavy atom. The van der Waals surface area contributed by atoms with Crippen molar-refractivity contribution in [2.75, 3.05) is 12.3 Å². The van der Waals surface area contributed by atoms with Gasteiger partial charge in [0.1, 0.15) is 12.4 Å². The molecule has 2 heteroatoms. The molecule has 0 unspecified atom stereocenters. The van der Waals surface area contributed by atoms with Crippen LogP contribution in [0.25, 0.3) is 0 Å². The van der Waals surface area contributed by atoms with Gasteiger partial charge in [-0.05, 0) is 31.0 Å². The highest BCUT2D eigenvalue weighted by Gasteiger charge is 2.04. The lowest BCUT2D eigenvalue weighted by Gasteiger charge is -2.10. The van der Waals surface area contributed by atoms with E-state index >= 15 is 0 Å². The van der Waals surface area contributed by atoms with Gasteiger partial charge in [0.15, 0.2) is 0 Å². The molecule has 13 heavy (non-hydrogen) atoms. The first-order chi connectivity index (χ1) is 6.15. The van der Waals surface area contributed by atoms with Crippen LogP contribution in [-0.2, 0) is 0 Å². The number of ether oxygens (including phenoxy) is 1. The Labute approximate surface area is 78.7 Å². The summed E-state index contributed by atoms with van der Waals surface area (Å²) in [5.41, 5.74) is 8.56. The molecule has 0 fully saturated rings. The maximum absolute atomic E-state index is 5.77. The lowest BCUT2D eigenvalue weighted by atomic mass is 10.1. The van der Waals surface area contributed by atoms with Crippen LogP contribution >= 0.6 is 0 Å². The fraction of sp³-hybridized carbons (Fsp3) is 0.273. The van der Waals surface area contributed by atoms with Gasteiger partial charge < -0.3 is 10.5 Å². The van der Waals surface area contributed by atoms with Gasteiger partial charge in [-0.15, -0.1) is 6.42 Å². The molecule has 0 amide bonds. The van der Waals surface area contributed by atoms with Gasteiger partial charge in [-0.25, -0.2) is 0 Å². The second-order valence-electron chi connectivity index (χ2n) is 2.99. The molecule has 1 aromatic rings. The van der Waals surface area contributed by atoms with E-state index in [2.05, 4.69) is 5.92 Å². The minimum Gasteiger partial charge on any atom is -0.479 e. The predicted molar refractivity (Wildman–Crippen MR) is 54.7 cm³/mol. The van der Waals surface area contributed by atoms with Crippen molar-refractivity contribution in [1.82, 2.24) is 0 Å². The molecule has 0 heterocycles. The van der Waals surface area contributed by atoms with Crippen molar-refractivity contribution < 1.29 is 4.74 Å². The van der Waals surface area contributed by atoms with E-state index in [1.165, 1.54) is 0 Å². The summed E-state index contributed by atoms with van der Waals surface area (Å²) in [5, 5.41) is 0. The van der Waals surface area contributed by atoms with Gasteiger partial charge in [-0.3, -0.25) is 0 Å². The summed E-state index contributed by atoms with van der Waals surface area (Å²) in [6.45, 7) is 4.21. The van der Waals surface area contributed by atoms with E-state index in [4.69, 9.17) is 16.9 Å². The minimum absolute atomic E-state index is 0.258. The maximum atomic E-state index is 5.77. The summed E-state index contributed by atoms with van der Waals surface area (Å²) in [5.74, 6) is 3.11. The van der Waals surface area contributed by atoms with E-state index in [-0.39, 0.29) is 6.61 Å². The Morgan fingerprint density at radius 2 is 2.15 bits per heavy atom. The van der Waals surface area contributed by atoms with Gasteiger partial charge in [0.2, 0.25) is 0 Å². The third kappa shape index (κ3) is 2.16. The summed E-state index contributed by atoms with van der Waals surface area (Å²) in [4.78, 5) is 0. The number of hydrogen-bond acceptors (Lipinski definition) is 2. The monoisotopic (exact) mass is 175 g/mol. The largest absolute Gasteiger partial charge is 0.479 e. The van der Waals surface area contributed by atoms with Crippen molar-refractivity contribution in [3.8, 4) is 18.1 Å². The van der Waals surface area contributed by atoms with Crippen molar-refractivity contribution >= 4 is 5.69 Å². The van der Waals surface area contributed by atoms with Crippen LogP contribution in [0.1, 0.15) is 11.1 Å². The Bertz CT molecular complexity index is 327. The number of hydrogen-bond donors (Lipinski definition) is 1. The standard InChI is InChI=1S/C11H13NO/c1-4-5-13-11-9(3)6-8(2)7-10(11)12/h1,6-7H,5,12H2,2-3H3. The van der Waals surface area contributed by atoms with E-state index in [1.807, 2.05) is 26.0 Å². The van der Waals surface area contributed by atoms with E-state index in [0.29, 0.717) is 11.4 Å². The van der Waals surface area contributed by atoms with Crippen LogP contribution in [0.5, 0.6) is 5.75 Å².